The van der Waals surface area contributed by atoms with E-state index in [1.807, 2.05) is 24.3 Å². The number of carbonyl (C=O) groups excluding carboxylic acids is 1. The Bertz CT molecular complexity index is 762. The molecule has 1 aliphatic carbocycles. The minimum atomic E-state index is -0.154. The minimum absolute atomic E-state index is 0.0142. The number of aromatic nitrogens is 1. The first-order valence-corrected chi connectivity index (χ1v) is 9.96. The molecule has 1 aliphatic rings. The predicted molar refractivity (Wildman–Crippen MR) is 108 cm³/mol. The van der Waals surface area contributed by atoms with Gasteiger partial charge in [-0.2, -0.15) is 0 Å². The van der Waals surface area contributed by atoms with E-state index in [9.17, 15) is 4.79 Å². The van der Waals surface area contributed by atoms with E-state index in [-0.39, 0.29) is 11.4 Å². The molecule has 1 aromatic heterocycles. The van der Waals surface area contributed by atoms with Gasteiger partial charge in [-0.15, -0.1) is 0 Å². The summed E-state index contributed by atoms with van der Waals surface area (Å²) in [5.74, 6) is 1.61. The second kappa shape index (κ2) is 8.34. The highest BCUT2D eigenvalue weighted by molar-refractivity contribution is 6.30. The molecule has 1 fully saturated rings. The largest absolute Gasteiger partial charge is 0.380 e. The van der Waals surface area contributed by atoms with Crippen molar-refractivity contribution in [3.05, 3.63) is 46.8 Å². The van der Waals surface area contributed by atoms with Gasteiger partial charge in [0.1, 0.15) is 5.76 Å². The third kappa shape index (κ3) is 5.25. The molecule has 6 heteroatoms. The molecule has 0 aliphatic heterocycles. The maximum atomic E-state index is 12.1. The molecule has 5 nitrogen and oxygen atoms in total. The first kappa shape index (κ1) is 19.7. The molecular weight excluding hydrogens is 362 g/mol. The van der Waals surface area contributed by atoms with Gasteiger partial charge in [0, 0.05) is 28.9 Å². The summed E-state index contributed by atoms with van der Waals surface area (Å²) >= 11 is 5.97. The van der Waals surface area contributed by atoms with Crippen LogP contribution in [0.1, 0.15) is 55.8 Å². The van der Waals surface area contributed by atoms with Crippen LogP contribution in [0.4, 0.5) is 5.69 Å². The van der Waals surface area contributed by atoms with Gasteiger partial charge in [0.2, 0.25) is 0 Å². The van der Waals surface area contributed by atoms with Crippen LogP contribution in [0.3, 0.4) is 0 Å². The minimum Gasteiger partial charge on any atom is -0.380 e. The Labute approximate surface area is 165 Å². The van der Waals surface area contributed by atoms with Crippen LogP contribution in [0.25, 0.3) is 0 Å². The van der Waals surface area contributed by atoms with E-state index in [0.29, 0.717) is 29.8 Å². The summed E-state index contributed by atoms with van der Waals surface area (Å²) in [6, 6.07) is 9.54. The highest BCUT2D eigenvalue weighted by atomic mass is 35.5. The number of amides is 1. The summed E-state index contributed by atoms with van der Waals surface area (Å²) < 4.78 is 4.96. The van der Waals surface area contributed by atoms with Crippen LogP contribution in [-0.4, -0.2) is 23.1 Å². The van der Waals surface area contributed by atoms with Crippen molar-refractivity contribution in [3.8, 4) is 0 Å². The average Bonchev–Trinajstić information content (AvgIpc) is 3.08. The Morgan fingerprint density at radius 1 is 1.22 bits per heavy atom. The van der Waals surface area contributed by atoms with Crippen molar-refractivity contribution in [2.24, 2.45) is 11.8 Å². The number of nitrogens with one attached hydrogen (secondary N) is 2. The van der Waals surface area contributed by atoms with Gasteiger partial charge in [0.05, 0.1) is 0 Å². The third-order valence-corrected chi connectivity index (χ3v) is 5.84. The summed E-state index contributed by atoms with van der Waals surface area (Å²) in [5, 5.41) is 11.2. The molecule has 2 aromatic rings. The van der Waals surface area contributed by atoms with E-state index < -0.39 is 0 Å². The first-order chi connectivity index (χ1) is 12.8. The summed E-state index contributed by atoms with van der Waals surface area (Å²) in [6.07, 6.45) is 4.54. The Kier molecular flexibility index (Phi) is 6.10. The number of carbonyl (C=O) groups is 1. The number of halogens is 1. The average molecular weight is 390 g/mol. The van der Waals surface area contributed by atoms with Gasteiger partial charge in [0.25, 0.3) is 5.91 Å². The van der Waals surface area contributed by atoms with Gasteiger partial charge in [-0.05, 0) is 82.6 Å². The van der Waals surface area contributed by atoms with Gasteiger partial charge in [-0.25, -0.2) is 0 Å². The normalized spacial score (nSPS) is 20.3. The van der Waals surface area contributed by atoms with Crippen LogP contribution in [-0.2, 0) is 0 Å². The van der Waals surface area contributed by atoms with Crippen molar-refractivity contribution in [2.75, 3.05) is 11.9 Å². The molecule has 0 spiro atoms. The van der Waals surface area contributed by atoms with E-state index in [2.05, 4.69) is 29.6 Å². The molecule has 0 atom stereocenters. The van der Waals surface area contributed by atoms with Crippen molar-refractivity contribution >= 4 is 23.2 Å². The molecule has 2 N–H and O–H groups in total. The van der Waals surface area contributed by atoms with Crippen molar-refractivity contribution in [3.63, 3.8) is 0 Å². The van der Waals surface area contributed by atoms with Crippen LogP contribution in [0, 0.1) is 18.8 Å². The van der Waals surface area contributed by atoms with E-state index in [1.54, 1.807) is 13.0 Å². The summed E-state index contributed by atoms with van der Waals surface area (Å²) in [5.41, 5.74) is 1.47. The van der Waals surface area contributed by atoms with Gasteiger partial charge >= 0.3 is 0 Å². The lowest BCUT2D eigenvalue weighted by molar-refractivity contribution is 0.0929. The fraction of sp³-hybridized carbons (Fsp3) is 0.524. The van der Waals surface area contributed by atoms with Gasteiger partial charge in [0.15, 0.2) is 5.69 Å². The zero-order chi connectivity index (χ0) is 19.4. The van der Waals surface area contributed by atoms with Crippen LogP contribution < -0.4 is 10.6 Å². The van der Waals surface area contributed by atoms with Crippen molar-refractivity contribution in [2.45, 2.75) is 52.0 Å². The molecule has 1 heterocycles. The van der Waals surface area contributed by atoms with Crippen molar-refractivity contribution < 1.29 is 9.32 Å². The summed E-state index contributed by atoms with van der Waals surface area (Å²) in [7, 11) is 0. The van der Waals surface area contributed by atoms with E-state index in [0.717, 1.165) is 36.4 Å². The second-order valence-electron chi connectivity index (χ2n) is 8.10. The molecule has 146 valence electrons. The van der Waals surface area contributed by atoms with Crippen LogP contribution >= 0.6 is 11.6 Å². The number of nitrogens with zero attached hydrogens (tertiary/aromatic N) is 1. The number of aryl methyl sites for hydroxylation is 1. The highest BCUT2D eigenvalue weighted by Crippen LogP contribution is 2.37. The monoisotopic (exact) mass is 389 g/mol. The molecule has 1 amide bonds. The van der Waals surface area contributed by atoms with Crippen LogP contribution in [0.5, 0.6) is 0 Å². The molecule has 0 radical (unpaired) electrons. The number of hydrogen-bond donors (Lipinski definition) is 2. The van der Waals surface area contributed by atoms with Crippen molar-refractivity contribution in [1.82, 2.24) is 10.5 Å². The molecule has 0 bridgehead atoms. The lowest BCUT2D eigenvalue weighted by Crippen LogP contribution is -2.42. The molecular formula is C21H28ClN3O2. The zero-order valence-corrected chi connectivity index (χ0v) is 17.0. The van der Waals surface area contributed by atoms with Crippen LogP contribution in [0.2, 0.25) is 5.02 Å². The van der Waals surface area contributed by atoms with E-state index in [4.69, 9.17) is 16.1 Å². The fourth-order valence-corrected chi connectivity index (χ4v) is 4.02. The molecule has 27 heavy (non-hydrogen) atoms. The number of hydrogen-bond acceptors (Lipinski definition) is 4. The van der Waals surface area contributed by atoms with Crippen molar-refractivity contribution in [1.29, 1.82) is 0 Å². The van der Waals surface area contributed by atoms with E-state index in [1.165, 1.54) is 0 Å². The lowest BCUT2D eigenvalue weighted by atomic mass is 9.73. The Hall–Kier alpha value is -2.01. The maximum Gasteiger partial charge on any atom is 0.273 e. The lowest BCUT2D eigenvalue weighted by Gasteiger charge is -2.40. The highest BCUT2D eigenvalue weighted by Gasteiger charge is 2.33. The van der Waals surface area contributed by atoms with E-state index >= 15 is 0 Å². The SMILES string of the molecule is Cc1cc(C(=O)NCC2CCC(C(C)(C)Nc3ccc(Cl)cc3)CC2)no1. The molecule has 0 saturated heterocycles. The van der Waals surface area contributed by atoms with Crippen LogP contribution in [0.15, 0.2) is 34.9 Å². The molecule has 1 saturated carbocycles. The zero-order valence-electron chi connectivity index (χ0n) is 16.2. The quantitative estimate of drug-likeness (QED) is 0.724. The number of benzene rings is 1. The Balaban J connectivity index is 1.46. The summed E-state index contributed by atoms with van der Waals surface area (Å²) in [4.78, 5) is 12.1. The Morgan fingerprint density at radius 3 is 2.48 bits per heavy atom. The first-order valence-electron chi connectivity index (χ1n) is 9.59. The molecule has 0 unspecified atom stereocenters. The van der Waals surface area contributed by atoms with Gasteiger partial charge < -0.3 is 15.2 Å². The van der Waals surface area contributed by atoms with Gasteiger partial charge in [-0.1, -0.05) is 16.8 Å². The Morgan fingerprint density at radius 2 is 1.89 bits per heavy atom. The topological polar surface area (TPSA) is 67.2 Å². The second-order valence-corrected chi connectivity index (χ2v) is 8.54. The number of rotatable bonds is 6. The maximum absolute atomic E-state index is 12.1. The molecule has 1 aromatic carbocycles. The molecule has 3 rings (SSSR count). The third-order valence-electron chi connectivity index (χ3n) is 5.59. The fourth-order valence-electron chi connectivity index (χ4n) is 3.90. The number of anilines is 1. The standard InChI is InChI=1S/C21H28ClN3O2/c1-14-12-19(25-27-14)20(26)23-13-15-4-6-16(7-5-15)21(2,3)24-18-10-8-17(22)9-11-18/h8-12,15-16,24H,4-7,13H2,1-3H3,(H,23,26). The van der Waals surface area contributed by atoms with Gasteiger partial charge in [-0.3, -0.25) is 4.79 Å². The smallest absolute Gasteiger partial charge is 0.273 e. The summed E-state index contributed by atoms with van der Waals surface area (Å²) in [6.45, 7) is 7.01. The predicted octanol–water partition coefficient (Wildman–Crippen LogP) is 5.06.